The molecule has 0 aliphatic heterocycles. The van der Waals surface area contributed by atoms with E-state index in [0.29, 0.717) is 17.7 Å². The van der Waals surface area contributed by atoms with Crippen LogP contribution in [0.4, 0.5) is 8.78 Å². The molecule has 0 aliphatic rings. The average Bonchev–Trinajstić information content (AvgIpc) is 2.97. The van der Waals surface area contributed by atoms with E-state index in [1.54, 1.807) is 35.1 Å². The van der Waals surface area contributed by atoms with Crippen molar-refractivity contribution in [2.45, 2.75) is 20.1 Å². The second-order valence-electron chi connectivity index (χ2n) is 6.13. The molecule has 2 aromatic carbocycles. The number of nitrogens with one attached hydrogen (secondary N) is 1. The van der Waals surface area contributed by atoms with Crippen molar-refractivity contribution in [3.63, 3.8) is 0 Å². The summed E-state index contributed by atoms with van der Waals surface area (Å²) >= 11 is 0. The van der Waals surface area contributed by atoms with Gasteiger partial charge in [-0.15, -0.1) is 0 Å². The minimum Gasteiger partial charge on any atom is -0.486 e. The van der Waals surface area contributed by atoms with Crippen LogP contribution >= 0.6 is 0 Å². The lowest BCUT2D eigenvalue weighted by Gasteiger charge is -2.09. The van der Waals surface area contributed by atoms with E-state index in [9.17, 15) is 13.6 Å². The number of amides is 1. The SMILES string of the molecule is Cc1c(CNC(=O)c2cccc(COc3ccc(F)cc3F)c2)cnn1C. The normalized spacial score (nSPS) is 10.7. The van der Waals surface area contributed by atoms with E-state index in [1.807, 2.05) is 14.0 Å². The van der Waals surface area contributed by atoms with Gasteiger partial charge in [0.15, 0.2) is 11.6 Å². The number of carbonyl (C=O) groups excluding carboxylic acids is 1. The van der Waals surface area contributed by atoms with Crippen molar-refractivity contribution in [3.8, 4) is 5.75 Å². The number of nitrogens with zero attached hydrogens (tertiary/aromatic N) is 2. The summed E-state index contributed by atoms with van der Waals surface area (Å²) in [5.41, 5.74) is 3.09. The number of hydrogen-bond acceptors (Lipinski definition) is 3. The predicted molar refractivity (Wildman–Crippen MR) is 96.2 cm³/mol. The van der Waals surface area contributed by atoms with Crippen LogP contribution in [0.5, 0.6) is 5.75 Å². The molecule has 5 nitrogen and oxygen atoms in total. The highest BCUT2D eigenvalue weighted by atomic mass is 19.1. The van der Waals surface area contributed by atoms with E-state index in [1.165, 1.54) is 6.07 Å². The Morgan fingerprint density at radius 3 is 2.74 bits per heavy atom. The van der Waals surface area contributed by atoms with Crippen molar-refractivity contribution in [3.05, 3.63) is 82.7 Å². The van der Waals surface area contributed by atoms with Crippen LogP contribution in [0.25, 0.3) is 0 Å². The van der Waals surface area contributed by atoms with Gasteiger partial charge in [0.1, 0.15) is 12.4 Å². The number of aromatic nitrogens is 2. The third kappa shape index (κ3) is 4.49. The van der Waals surface area contributed by atoms with Crippen LogP contribution in [0, 0.1) is 18.6 Å². The maximum atomic E-state index is 13.6. The third-order valence-corrected chi connectivity index (χ3v) is 4.25. The van der Waals surface area contributed by atoms with Gasteiger partial charge in [0.05, 0.1) is 6.20 Å². The second kappa shape index (κ2) is 7.99. The van der Waals surface area contributed by atoms with Crippen molar-refractivity contribution in [2.75, 3.05) is 0 Å². The monoisotopic (exact) mass is 371 g/mol. The Hall–Kier alpha value is -3.22. The van der Waals surface area contributed by atoms with Gasteiger partial charge in [-0.25, -0.2) is 8.78 Å². The van der Waals surface area contributed by atoms with E-state index < -0.39 is 11.6 Å². The van der Waals surface area contributed by atoms with Gasteiger partial charge in [0.2, 0.25) is 0 Å². The number of hydrogen-bond donors (Lipinski definition) is 1. The lowest BCUT2D eigenvalue weighted by Crippen LogP contribution is -2.23. The van der Waals surface area contributed by atoms with Crippen LogP contribution < -0.4 is 10.1 Å². The molecular weight excluding hydrogens is 352 g/mol. The molecule has 0 unspecified atom stereocenters. The van der Waals surface area contributed by atoms with Gasteiger partial charge in [0, 0.05) is 36.5 Å². The van der Waals surface area contributed by atoms with Crippen LogP contribution in [0.1, 0.15) is 27.2 Å². The van der Waals surface area contributed by atoms with E-state index >= 15 is 0 Å². The van der Waals surface area contributed by atoms with Crippen molar-refractivity contribution in [2.24, 2.45) is 7.05 Å². The molecule has 1 amide bonds. The molecule has 0 spiro atoms. The van der Waals surface area contributed by atoms with E-state index in [-0.39, 0.29) is 18.3 Å². The fourth-order valence-electron chi connectivity index (χ4n) is 2.55. The number of halogens is 2. The Kier molecular flexibility index (Phi) is 5.49. The molecular formula is C20H19F2N3O2. The molecule has 27 heavy (non-hydrogen) atoms. The summed E-state index contributed by atoms with van der Waals surface area (Å²) < 4.78 is 33.7. The first kappa shape index (κ1) is 18.6. The first-order valence-corrected chi connectivity index (χ1v) is 8.36. The largest absolute Gasteiger partial charge is 0.486 e. The fraction of sp³-hybridized carbons (Fsp3) is 0.200. The van der Waals surface area contributed by atoms with Crippen molar-refractivity contribution >= 4 is 5.91 Å². The summed E-state index contributed by atoms with van der Waals surface area (Å²) in [6, 6.07) is 9.98. The maximum Gasteiger partial charge on any atom is 0.251 e. The molecule has 7 heteroatoms. The summed E-state index contributed by atoms with van der Waals surface area (Å²) in [5.74, 6) is -1.70. The number of rotatable bonds is 6. The van der Waals surface area contributed by atoms with Gasteiger partial charge in [-0.3, -0.25) is 9.48 Å². The van der Waals surface area contributed by atoms with Crippen molar-refractivity contribution < 1.29 is 18.3 Å². The van der Waals surface area contributed by atoms with Gasteiger partial charge in [-0.2, -0.15) is 5.10 Å². The smallest absolute Gasteiger partial charge is 0.251 e. The summed E-state index contributed by atoms with van der Waals surface area (Å²) in [7, 11) is 1.84. The Morgan fingerprint density at radius 1 is 1.22 bits per heavy atom. The minimum absolute atomic E-state index is 0.0432. The maximum absolute atomic E-state index is 13.6. The van der Waals surface area contributed by atoms with Gasteiger partial charge >= 0.3 is 0 Å². The summed E-state index contributed by atoms with van der Waals surface area (Å²) in [5, 5.41) is 6.99. The average molecular weight is 371 g/mol. The Bertz CT molecular complexity index is 970. The number of aryl methyl sites for hydroxylation is 1. The summed E-state index contributed by atoms with van der Waals surface area (Å²) in [6.07, 6.45) is 1.72. The molecule has 0 aliphatic carbocycles. The summed E-state index contributed by atoms with van der Waals surface area (Å²) in [6.45, 7) is 2.37. The highest BCUT2D eigenvalue weighted by Crippen LogP contribution is 2.19. The first-order valence-electron chi connectivity index (χ1n) is 8.36. The van der Waals surface area contributed by atoms with Gasteiger partial charge in [-0.05, 0) is 36.8 Å². The highest BCUT2D eigenvalue weighted by Gasteiger charge is 2.10. The molecule has 0 saturated carbocycles. The van der Waals surface area contributed by atoms with Crippen LogP contribution in [-0.2, 0) is 20.2 Å². The van der Waals surface area contributed by atoms with Crippen molar-refractivity contribution in [1.82, 2.24) is 15.1 Å². The lowest BCUT2D eigenvalue weighted by atomic mass is 10.1. The molecule has 1 heterocycles. The second-order valence-corrected chi connectivity index (χ2v) is 6.13. The Labute approximate surface area is 155 Å². The number of benzene rings is 2. The standard InChI is InChI=1S/C20H19F2N3O2/c1-13-16(11-24-25(13)2)10-23-20(26)15-5-3-4-14(8-15)12-27-19-7-6-17(21)9-18(19)22/h3-9,11H,10,12H2,1-2H3,(H,23,26). The molecule has 3 rings (SSSR count). The lowest BCUT2D eigenvalue weighted by molar-refractivity contribution is 0.0950. The molecule has 1 aromatic heterocycles. The first-order chi connectivity index (χ1) is 12.9. The minimum atomic E-state index is -0.768. The molecule has 140 valence electrons. The zero-order valence-corrected chi connectivity index (χ0v) is 15.0. The number of ether oxygens (including phenoxy) is 1. The van der Waals surface area contributed by atoms with E-state index in [4.69, 9.17) is 4.74 Å². The molecule has 0 fully saturated rings. The van der Waals surface area contributed by atoms with Gasteiger partial charge in [0.25, 0.3) is 5.91 Å². The van der Waals surface area contributed by atoms with Crippen LogP contribution in [0.2, 0.25) is 0 Å². The van der Waals surface area contributed by atoms with E-state index in [0.717, 1.165) is 23.4 Å². The van der Waals surface area contributed by atoms with Gasteiger partial charge < -0.3 is 10.1 Å². The Balaban J connectivity index is 1.62. The number of carbonyl (C=O) groups is 1. The molecule has 0 saturated heterocycles. The molecule has 3 aromatic rings. The van der Waals surface area contributed by atoms with Crippen molar-refractivity contribution in [1.29, 1.82) is 0 Å². The quantitative estimate of drug-likeness (QED) is 0.721. The van der Waals surface area contributed by atoms with Gasteiger partial charge in [-0.1, -0.05) is 12.1 Å². The highest BCUT2D eigenvalue weighted by molar-refractivity contribution is 5.94. The fourth-order valence-corrected chi connectivity index (χ4v) is 2.55. The predicted octanol–water partition coefficient (Wildman–Crippen LogP) is 3.52. The van der Waals surface area contributed by atoms with Crippen LogP contribution in [0.15, 0.2) is 48.7 Å². The molecule has 0 radical (unpaired) electrons. The molecule has 0 bridgehead atoms. The molecule has 1 N–H and O–H groups in total. The summed E-state index contributed by atoms with van der Waals surface area (Å²) in [4.78, 5) is 12.4. The third-order valence-electron chi connectivity index (χ3n) is 4.25. The van der Waals surface area contributed by atoms with E-state index in [2.05, 4.69) is 10.4 Å². The molecule has 0 atom stereocenters. The Morgan fingerprint density at radius 2 is 2.04 bits per heavy atom. The van der Waals surface area contributed by atoms with Crippen LogP contribution in [-0.4, -0.2) is 15.7 Å². The zero-order chi connectivity index (χ0) is 19.4. The van der Waals surface area contributed by atoms with Crippen LogP contribution in [0.3, 0.4) is 0 Å². The zero-order valence-electron chi connectivity index (χ0n) is 15.0. The topological polar surface area (TPSA) is 56.1 Å².